The largest absolute Gasteiger partial charge is 0.467 e. The van der Waals surface area contributed by atoms with Crippen molar-refractivity contribution in [3.8, 4) is 0 Å². The maximum atomic E-state index is 12.4. The predicted molar refractivity (Wildman–Crippen MR) is 121 cm³/mol. The normalized spacial score (nSPS) is 12.2. The molecular weight excluding hydrogens is 392 g/mol. The van der Waals surface area contributed by atoms with Crippen LogP contribution in [0.1, 0.15) is 40.8 Å². The molecule has 1 aromatic carbocycles. The van der Waals surface area contributed by atoms with Gasteiger partial charge in [0, 0.05) is 23.2 Å². The maximum absolute atomic E-state index is 12.4. The highest BCUT2D eigenvalue weighted by Gasteiger charge is 2.17. The number of nitrogens with zero attached hydrogens (tertiary/aromatic N) is 1. The number of esters is 1. The van der Waals surface area contributed by atoms with Crippen molar-refractivity contribution in [2.45, 2.75) is 47.3 Å². The number of benzene rings is 1. The Morgan fingerprint density at radius 1 is 1.16 bits per heavy atom. The van der Waals surface area contributed by atoms with Gasteiger partial charge in [0.05, 0.1) is 12.8 Å². The summed E-state index contributed by atoms with van der Waals surface area (Å²) in [6.45, 7) is 10.1. The number of rotatable bonds is 7. The first kappa shape index (κ1) is 22.2. The molecule has 1 atom stereocenters. The zero-order chi connectivity index (χ0) is 22.5. The molecule has 0 radical (unpaired) electrons. The second-order valence-electron chi connectivity index (χ2n) is 7.71. The zero-order valence-corrected chi connectivity index (χ0v) is 18.6. The molecule has 6 nitrogen and oxygen atoms in total. The number of furan rings is 1. The van der Waals surface area contributed by atoms with Crippen LogP contribution in [-0.2, 0) is 20.9 Å². The van der Waals surface area contributed by atoms with Gasteiger partial charge in [0.25, 0.3) is 5.91 Å². The lowest BCUT2D eigenvalue weighted by molar-refractivity contribution is -0.148. The fraction of sp³-hybridized carbons (Fsp3) is 0.280. The molecule has 0 fully saturated rings. The summed E-state index contributed by atoms with van der Waals surface area (Å²) < 4.78 is 12.8. The van der Waals surface area contributed by atoms with E-state index in [-0.39, 0.29) is 5.91 Å². The molecule has 0 spiro atoms. The van der Waals surface area contributed by atoms with Gasteiger partial charge in [-0.1, -0.05) is 17.7 Å². The second-order valence-corrected chi connectivity index (χ2v) is 7.71. The van der Waals surface area contributed by atoms with E-state index in [4.69, 9.17) is 9.15 Å². The van der Waals surface area contributed by atoms with Gasteiger partial charge >= 0.3 is 5.97 Å². The van der Waals surface area contributed by atoms with E-state index in [0.717, 1.165) is 33.8 Å². The molecule has 0 aliphatic rings. The summed E-state index contributed by atoms with van der Waals surface area (Å²) in [4.78, 5) is 24.6. The molecule has 6 heteroatoms. The lowest BCUT2D eigenvalue weighted by Crippen LogP contribution is -2.29. The third-order valence-corrected chi connectivity index (χ3v) is 5.21. The number of anilines is 1. The molecule has 2 aromatic heterocycles. The molecule has 3 rings (SSSR count). The van der Waals surface area contributed by atoms with Gasteiger partial charge in [0.1, 0.15) is 5.76 Å². The summed E-state index contributed by atoms with van der Waals surface area (Å²) in [5.74, 6) is -0.0789. The SMILES string of the molecule is Cc1ccc(NC(=O)[C@@H](C)OC(=O)/C=C/c2cc(C)n(Cc3ccco3)c2C)c(C)c1. The summed E-state index contributed by atoms with van der Waals surface area (Å²) in [6, 6.07) is 11.5. The van der Waals surface area contributed by atoms with Crippen molar-refractivity contribution in [2.24, 2.45) is 0 Å². The van der Waals surface area contributed by atoms with E-state index in [9.17, 15) is 9.59 Å². The lowest BCUT2D eigenvalue weighted by atomic mass is 10.1. The minimum absolute atomic E-state index is 0.370. The van der Waals surface area contributed by atoms with Crippen molar-refractivity contribution in [3.63, 3.8) is 0 Å². The van der Waals surface area contributed by atoms with E-state index in [1.54, 1.807) is 19.3 Å². The fourth-order valence-electron chi connectivity index (χ4n) is 3.41. The number of aryl methyl sites for hydroxylation is 3. The molecule has 1 N–H and O–H groups in total. The molecule has 0 bridgehead atoms. The van der Waals surface area contributed by atoms with Crippen molar-refractivity contribution in [1.29, 1.82) is 0 Å². The number of hydrogen-bond acceptors (Lipinski definition) is 4. The Labute approximate surface area is 182 Å². The van der Waals surface area contributed by atoms with Gasteiger partial charge in [-0.2, -0.15) is 0 Å². The Bertz CT molecular complexity index is 1110. The van der Waals surface area contributed by atoms with Gasteiger partial charge in [-0.05, 0) is 76.1 Å². The third kappa shape index (κ3) is 5.54. The minimum atomic E-state index is -0.913. The van der Waals surface area contributed by atoms with E-state index in [1.165, 1.54) is 6.08 Å². The van der Waals surface area contributed by atoms with Gasteiger partial charge < -0.3 is 19.0 Å². The number of carbonyl (C=O) groups excluding carboxylic acids is 2. The van der Waals surface area contributed by atoms with Crippen LogP contribution in [0.3, 0.4) is 0 Å². The average molecular weight is 421 g/mol. The van der Waals surface area contributed by atoms with Gasteiger partial charge in [0.15, 0.2) is 6.10 Å². The van der Waals surface area contributed by atoms with E-state index in [1.807, 2.05) is 64.1 Å². The van der Waals surface area contributed by atoms with Gasteiger partial charge in [-0.3, -0.25) is 4.79 Å². The average Bonchev–Trinajstić information content (AvgIpc) is 3.32. The van der Waals surface area contributed by atoms with Crippen LogP contribution in [0.4, 0.5) is 5.69 Å². The maximum Gasteiger partial charge on any atom is 0.331 e. The first-order chi connectivity index (χ1) is 14.7. The molecular formula is C25H28N2O4. The predicted octanol–water partition coefficient (Wildman–Crippen LogP) is 4.95. The van der Waals surface area contributed by atoms with Crippen LogP contribution >= 0.6 is 0 Å². The molecule has 31 heavy (non-hydrogen) atoms. The third-order valence-electron chi connectivity index (χ3n) is 5.21. The summed E-state index contributed by atoms with van der Waals surface area (Å²) in [5.41, 5.74) is 5.76. The minimum Gasteiger partial charge on any atom is -0.467 e. The summed E-state index contributed by atoms with van der Waals surface area (Å²) in [6.07, 6.45) is 3.79. The van der Waals surface area contributed by atoms with Crippen molar-refractivity contribution < 1.29 is 18.7 Å². The number of carbonyl (C=O) groups is 2. The van der Waals surface area contributed by atoms with Gasteiger partial charge in [0.2, 0.25) is 0 Å². The number of ether oxygens (including phenoxy) is 1. The number of nitrogens with one attached hydrogen (secondary N) is 1. The van der Waals surface area contributed by atoms with Crippen molar-refractivity contribution >= 4 is 23.6 Å². The van der Waals surface area contributed by atoms with E-state index >= 15 is 0 Å². The highest BCUT2D eigenvalue weighted by molar-refractivity contribution is 5.97. The van der Waals surface area contributed by atoms with Crippen LogP contribution in [0.25, 0.3) is 6.08 Å². The number of aromatic nitrogens is 1. The van der Waals surface area contributed by atoms with Crippen LogP contribution in [-0.4, -0.2) is 22.5 Å². The quantitative estimate of drug-likeness (QED) is 0.434. The summed E-state index contributed by atoms with van der Waals surface area (Å²) in [7, 11) is 0. The second kappa shape index (κ2) is 9.51. The first-order valence-electron chi connectivity index (χ1n) is 10.2. The van der Waals surface area contributed by atoms with Gasteiger partial charge in [-0.25, -0.2) is 4.79 Å². The Morgan fingerprint density at radius 2 is 1.94 bits per heavy atom. The monoisotopic (exact) mass is 420 g/mol. The van der Waals surface area contributed by atoms with Crippen LogP contribution in [0, 0.1) is 27.7 Å². The Morgan fingerprint density at radius 3 is 2.61 bits per heavy atom. The van der Waals surface area contributed by atoms with E-state index in [0.29, 0.717) is 12.2 Å². The van der Waals surface area contributed by atoms with Crippen LogP contribution in [0.5, 0.6) is 0 Å². The van der Waals surface area contributed by atoms with Crippen molar-refractivity contribution in [3.05, 3.63) is 82.6 Å². The standard InChI is InChI=1S/C25H28N2O4/c1-16-8-10-23(17(2)13-16)26-25(29)20(5)31-24(28)11-9-21-14-18(3)27(19(21)4)15-22-7-6-12-30-22/h6-14,20H,15H2,1-5H3,(H,26,29)/b11-9+/t20-/m1/s1. The smallest absolute Gasteiger partial charge is 0.331 e. The summed E-state index contributed by atoms with van der Waals surface area (Å²) >= 11 is 0. The fourth-order valence-corrected chi connectivity index (χ4v) is 3.41. The first-order valence-corrected chi connectivity index (χ1v) is 10.2. The van der Waals surface area contributed by atoms with Crippen molar-refractivity contribution in [1.82, 2.24) is 4.57 Å². The highest BCUT2D eigenvalue weighted by atomic mass is 16.5. The number of amides is 1. The van der Waals surface area contributed by atoms with E-state index < -0.39 is 12.1 Å². The zero-order valence-electron chi connectivity index (χ0n) is 18.6. The topological polar surface area (TPSA) is 73.5 Å². The Hall–Kier alpha value is -3.54. The number of hydrogen-bond donors (Lipinski definition) is 1. The highest BCUT2D eigenvalue weighted by Crippen LogP contribution is 2.19. The summed E-state index contributed by atoms with van der Waals surface area (Å²) in [5, 5.41) is 2.80. The molecule has 0 aliphatic heterocycles. The molecule has 2 heterocycles. The van der Waals surface area contributed by atoms with Gasteiger partial charge in [-0.15, -0.1) is 0 Å². The van der Waals surface area contributed by atoms with Crippen LogP contribution in [0.2, 0.25) is 0 Å². The van der Waals surface area contributed by atoms with E-state index in [2.05, 4.69) is 9.88 Å². The lowest BCUT2D eigenvalue weighted by Gasteiger charge is -2.14. The van der Waals surface area contributed by atoms with Crippen molar-refractivity contribution in [2.75, 3.05) is 5.32 Å². The Kier molecular flexibility index (Phi) is 6.80. The Balaban J connectivity index is 1.60. The molecule has 0 aliphatic carbocycles. The van der Waals surface area contributed by atoms with Crippen LogP contribution < -0.4 is 5.32 Å². The molecule has 1 amide bonds. The van der Waals surface area contributed by atoms with Crippen LogP contribution in [0.15, 0.2) is 53.2 Å². The molecule has 162 valence electrons. The molecule has 0 saturated carbocycles. The molecule has 0 unspecified atom stereocenters. The molecule has 3 aromatic rings. The molecule has 0 saturated heterocycles.